The van der Waals surface area contributed by atoms with Crippen molar-refractivity contribution in [2.45, 2.75) is 20.1 Å². The zero-order chi connectivity index (χ0) is 18.2. The number of hydrogen-bond donors (Lipinski definition) is 1. The van der Waals surface area contributed by atoms with Gasteiger partial charge in [-0.05, 0) is 36.8 Å². The van der Waals surface area contributed by atoms with Gasteiger partial charge in [0.05, 0.1) is 11.6 Å². The number of rotatable bonds is 9. The molecule has 0 aliphatic rings. The monoisotopic (exact) mass is 427 g/mol. The minimum absolute atomic E-state index is 0.0199. The van der Waals surface area contributed by atoms with E-state index < -0.39 is 5.82 Å². The second kappa shape index (κ2) is 9.80. The Morgan fingerprint density at radius 3 is 2.72 bits per heavy atom. The fraction of sp³-hybridized carbons (Fsp3) is 0.263. The zero-order valence-corrected chi connectivity index (χ0v) is 16.3. The van der Waals surface area contributed by atoms with Crippen molar-refractivity contribution in [1.29, 1.82) is 0 Å². The van der Waals surface area contributed by atoms with E-state index in [0.29, 0.717) is 41.8 Å². The lowest BCUT2D eigenvalue weighted by Gasteiger charge is -2.16. The highest BCUT2D eigenvalue weighted by atomic mass is 79.9. The fourth-order valence-corrected chi connectivity index (χ4v) is 2.90. The molecule has 0 atom stereocenters. The van der Waals surface area contributed by atoms with Crippen LogP contribution in [0, 0.1) is 5.82 Å². The molecule has 1 N–H and O–H groups in total. The van der Waals surface area contributed by atoms with Gasteiger partial charge in [-0.15, -0.1) is 6.58 Å². The van der Waals surface area contributed by atoms with Gasteiger partial charge in [-0.1, -0.05) is 39.7 Å². The summed E-state index contributed by atoms with van der Waals surface area (Å²) in [7, 11) is 0. The molecule has 0 saturated carbocycles. The second-order valence-corrected chi connectivity index (χ2v) is 6.49. The molecular formula is C19H20BrClFNO2. The van der Waals surface area contributed by atoms with Crippen LogP contribution in [0.1, 0.15) is 18.1 Å². The van der Waals surface area contributed by atoms with Crippen molar-refractivity contribution < 1.29 is 13.9 Å². The zero-order valence-electron chi connectivity index (χ0n) is 14.0. The molecule has 0 aromatic heterocycles. The first-order valence-corrected chi connectivity index (χ1v) is 9.06. The van der Waals surface area contributed by atoms with Crippen LogP contribution in [0.25, 0.3) is 0 Å². The lowest BCUT2D eigenvalue weighted by Crippen LogP contribution is -2.13. The van der Waals surface area contributed by atoms with Gasteiger partial charge >= 0.3 is 0 Å². The Morgan fingerprint density at radius 1 is 1.28 bits per heavy atom. The molecule has 0 spiro atoms. The first kappa shape index (κ1) is 19.8. The van der Waals surface area contributed by atoms with E-state index in [1.807, 2.05) is 19.1 Å². The molecule has 2 rings (SSSR count). The Kier molecular flexibility index (Phi) is 7.75. The molecule has 6 heteroatoms. The third-order valence-electron chi connectivity index (χ3n) is 3.45. The summed E-state index contributed by atoms with van der Waals surface area (Å²) in [4.78, 5) is 0. The van der Waals surface area contributed by atoms with Crippen LogP contribution in [0.15, 0.2) is 47.5 Å². The van der Waals surface area contributed by atoms with Crippen LogP contribution < -0.4 is 14.8 Å². The van der Waals surface area contributed by atoms with Crippen molar-refractivity contribution >= 4 is 27.5 Å². The van der Waals surface area contributed by atoms with Gasteiger partial charge in [-0.25, -0.2) is 4.39 Å². The number of halogens is 3. The molecule has 0 aliphatic carbocycles. The maximum atomic E-state index is 13.9. The van der Waals surface area contributed by atoms with Crippen molar-refractivity contribution in [2.75, 3.05) is 13.2 Å². The molecule has 0 amide bonds. The maximum absolute atomic E-state index is 13.9. The number of benzene rings is 2. The number of ether oxygens (including phenoxy) is 2. The van der Waals surface area contributed by atoms with E-state index in [1.165, 1.54) is 6.07 Å². The maximum Gasteiger partial charge on any atom is 0.162 e. The third kappa shape index (κ3) is 5.46. The highest BCUT2D eigenvalue weighted by molar-refractivity contribution is 9.10. The van der Waals surface area contributed by atoms with Gasteiger partial charge in [-0.3, -0.25) is 0 Å². The van der Waals surface area contributed by atoms with Crippen molar-refractivity contribution in [2.24, 2.45) is 0 Å². The molecule has 0 saturated heterocycles. The molecular weight excluding hydrogens is 409 g/mol. The van der Waals surface area contributed by atoms with Crippen molar-refractivity contribution in [1.82, 2.24) is 5.32 Å². The fourth-order valence-electron chi connectivity index (χ4n) is 2.22. The third-order valence-corrected chi connectivity index (χ3v) is 4.54. The summed E-state index contributed by atoms with van der Waals surface area (Å²) in [6.45, 7) is 7.47. The van der Waals surface area contributed by atoms with Crippen LogP contribution in [0.4, 0.5) is 4.39 Å². The molecule has 3 nitrogen and oxygen atoms in total. The molecule has 0 heterocycles. The summed E-state index contributed by atoms with van der Waals surface area (Å²) in [5.41, 5.74) is 1.35. The summed E-state index contributed by atoms with van der Waals surface area (Å²) in [5.74, 6) is 0.740. The molecule has 0 fully saturated rings. The Morgan fingerprint density at radius 2 is 2.04 bits per heavy atom. The minimum atomic E-state index is -0.394. The predicted molar refractivity (Wildman–Crippen MR) is 103 cm³/mol. The summed E-state index contributed by atoms with van der Waals surface area (Å²) in [5, 5.41) is 3.58. The highest BCUT2D eigenvalue weighted by Gasteiger charge is 2.13. The van der Waals surface area contributed by atoms with Crippen LogP contribution in [-0.2, 0) is 13.2 Å². The van der Waals surface area contributed by atoms with E-state index in [-0.39, 0.29) is 6.61 Å². The van der Waals surface area contributed by atoms with Crippen LogP contribution in [0.5, 0.6) is 11.5 Å². The van der Waals surface area contributed by atoms with Gasteiger partial charge in [0.2, 0.25) is 0 Å². The van der Waals surface area contributed by atoms with Gasteiger partial charge < -0.3 is 14.8 Å². The van der Waals surface area contributed by atoms with E-state index in [0.717, 1.165) is 10.0 Å². The molecule has 25 heavy (non-hydrogen) atoms. The van der Waals surface area contributed by atoms with Crippen molar-refractivity contribution in [3.05, 3.63) is 69.4 Å². The van der Waals surface area contributed by atoms with Crippen molar-refractivity contribution in [3.8, 4) is 11.5 Å². The topological polar surface area (TPSA) is 30.5 Å². The average Bonchev–Trinajstić information content (AvgIpc) is 2.58. The van der Waals surface area contributed by atoms with Crippen LogP contribution in [0.2, 0.25) is 5.02 Å². The van der Waals surface area contributed by atoms with Crippen molar-refractivity contribution in [3.63, 3.8) is 0 Å². The largest absolute Gasteiger partial charge is 0.490 e. The molecule has 0 unspecified atom stereocenters. The lowest BCUT2D eigenvalue weighted by atomic mass is 10.2. The van der Waals surface area contributed by atoms with Gasteiger partial charge in [0, 0.05) is 23.1 Å². The quantitative estimate of drug-likeness (QED) is 0.423. The van der Waals surface area contributed by atoms with E-state index in [1.54, 1.807) is 18.2 Å². The summed E-state index contributed by atoms with van der Waals surface area (Å²) < 4.78 is 26.2. The molecule has 0 aliphatic heterocycles. The van der Waals surface area contributed by atoms with E-state index in [2.05, 4.69) is 27.8 Å². The minimum Gasteiger partial charge on any atom is -0.490 e. The second-order valence-electron chi connectivity index (χ2n) is 5.23. The molecule has 134 valence electrons. The molecule has 0 bridgehead atoms. The van der Waals surface area contributed by atoms with Gasteiger partial charge in [0.15, 0.2) is 11.5 Å². The first-order valence-electron chi connectivity index (χ1n) is 7.89. The SMILES string of the molecule is C=CCNCc1cc(OCC)c(OCc2c(F)cccc2Cl)cc1Br. The van der Waals surface area contributed by atoms with Crippen LogP contribution >= 0.6 is 27.5 Å². The number of hydrogen-bond acceptors (Lipinski definition) is 3. The first-order chi connectivity index (χ1) is 12.1. The normalized spacial score (nSPS) is 10.6. The van der Waals surface area contributed by atoms with Crippen LogP contribution in [0.3, 0.4) is 0 Å². The summed E-state index contributed by atoms with van der Waals surface area (Å²) in [6, 6.07) is 8.29. The van der Waals surface area contributed by atoms with E-state index >= 15 is 0 Å². The molecule has 2 aromatic carbocycles. The van der Waals surface area contributed by atoms with Gasteiger partial charge in [-0.2, -0.15) is 0 Å². The molecule has 2 aromatic rings. The Hall–Kier alpha value is -1.56. The van der Waals surface area contributed by atoms with Crippen LogP contribution in [-0.4, -0.2) is 13.2 Å². The lowest BCUT2D eigenvalue weighted by molar-refractivity contribution is 0.265. The van der Waals surface area contributed by atoms with Gasteiger partial charge in [0.1, 0.15) is 12.4 Å². The summed E-state index contributed by atoms with van der Waals surface area (Å²) >= 11 is 9.59. The summed E-state index contributed by atoms with van der Waals surface area (Å²) in [6.07, 6.45) is 1.80. The average molecular weight is 429 g/mol. The van der Waals surface area contributed by atoms with E-state index in [4.69, 9.17) is 21.1 Å². The highest BCUT2D eigenvalue weighted by Crippen LogP contribution is 2.35. The predicted octanol–water partition coefficient (Wildman–Crippen LogP) is 5.49. The Bertz CT molecular complexity index is 719. The Labute approximate surface area is 160 Å². The van der Waals surface area contributed by atoms with E-state index in [9.17, 15) is 4.39 Å². The van der Waals surface area contributed by atoms with Gasteiger partial charge in [0.25, 0.3) is 0 Å². The Balaban J connectivity index is 2.21. The number of nitrogens with one attached hydrogen (secondary N) is 1. The molecule has 0 radical (unpaired) electrons. The smallest absolute Gasteiger partial charge is 0.162 e. The standard InChI is InChI=1S/C19H20BrClFNO2/c1-3-8-23-11-13-9-18(24-4-2)19(10-15(13)20)25-12-14-16(21)6-5-7-17(14)22/h3,5-7,9-10,23H,1,4,8,11-12H2,2H3.